The Morgan fingerprint density at radius 1 is 0.900 bits per heavy atom. The number of aryl methyl sites for hydroxylation is 1. The molecule has 20 heavy (non-hydrogen) atoms. The minimum absolute atomic E-state index is 0.153. The molecule has 0 unspecified atom stereocenters. The second-order valence-electron chi connectivity index (χ2n) is 5.68. The Bertz CT molecular complexity index is 495. The third-order valence-electron chi connectivity index (χ3n) is 3.87. The predicted octanol–water partition coefficient (Wildman–Crippen LogP) is 4.20. The van der Waals surface area contributed by atoms with Gasteiger partial charge in [-0.05, 0) is 31.9 Å². The van der Waals surface area contributed by atoms with E-state index in [4.69, 9.17) is 4.18 Å². The highest BCUT2D eigenvalue weighted by atomic mass is 32.2. The molecule has 0 N–H and O–H groups in total. The highest BCUT2D eigenvalue weighted by Gasteiger charge is 2.21. The molecule has 4 heteroatoms. The topological polar surface area (TPSA) is 43.4 Å². The van der Waals surface area contributed by atoms with Crippen LogP contribution in [0, 0.1) is 6.92 Å². The van der Waals surface area contributed by atoms with Crippen molar-refractivity contribution < 1.29 is 12.6 Å². The first-order valence-electron chi connectivity index (χ1n) is 7.58. The summed E-state index contributed by atoms with van der Waals surface area (Å²) in [6, 6.07) is 6.86. The van der Waals surface area contributed by atoms with Gasteiger partial charge < -0.3 is 0 Å². The largest absolute Gasteiger partial charge is 0.297 e. The van der Waals surface area contributed by atoms with Gasteiger partial charge in [0.15, 0.2) is 0 Å². The lowest BCUT2D eigenvalue weighted by Crippen LogP contribution is -2.18. The van der Waals surface area contributed by atoms with Crippen LogP contribution >= 0.6 is 0 Å². The van der Waals surface area contributed by atoms with E-state index in [9.17, 15) is 8.42 Å². The van der Waals surface area contributed by atoms with Crippen LogP contribution in [-0.4, -0.2) is 14.5 Å². The normalized spacial score (nSPS) is 19.1. The lowest BCUT2D eigenvalue weighted by atomic mass is 10.1. The molecule has 0 aromatic heterocycles. The summed E-state index contributed by atoms with van der Waals surface area (Å²) in [6.45, 7) is 1.94. The number of hydrogen-bond donors (Lipinski definition) is 0. The molecule has 3 nitrogen and oxygen atoms in total. The lowest BCUT2D eigenvalue weighted by Gasteiger charge is -2.16. The zero-order valence-electron chi connectivity index (χ0n) is 12.2. The molecule has 0 radical (unpaired) electrons. The number of benzene rings is 1. The summed E-state index contributed by atoms with van der Waals surface area (Å²) in [5.74, 6) is 0. The predicted molar refractivity (Wildman–Crippen MR) is 80.2 cm³/mol. The van der Waals surface area contributed by atoms with Gasteiger partial charge in [-0.15, -0.1) is 0 Å². The maximum Gasteiger partial charge on any atom is 0.297 e. The zero-order chi connectivity index (χ0) is 14.4. The van der Waals surface area contributed by atoms with Crippen molar-refractivity contribution in [3.05, 3.63) is 29.8 Å². The molecule has 0 saturated heterocycles. The molecule has 1 aliphatic rings. The molecule has 0 spiro atoms. The Hall–Kier alpha value is -0.870. The van der Waals surface area contributed by atoms with E-state index in [1.54, 1.807) is 24.3 Å². The van der Waals surface area contributed by atoms with Crippen LogP contribution in [0.25, 0.3) is 0 Å². The summed E-state index contributed by atoms with van der Waals surface area (Å²) in [6.07, 6.45) is 8.57. The fourth-order valence-electron chi connectivity index (χ4n) is 2.63. The number of hydrogen-bond acceptors (Lipinski definition) is 3. The average molecular weight is 296 g/mol. The van der Waals surface area contributed by atoms with Crippen LogP contribution in [0.4, 0.5) is 0 Å². The van der Waals surface area contributed by atoms with E-state index >= 15 is 0 Å². The second kappa shape index (κ2) is 7.23. The third-order valence-corrected chi connectivity index (χ3v) is 5.25. The van der Waals surface area contributed by atoms with Crippen LogP contribution < -0.4 is 0 Å². The van der Waals surface area contributed by atoms with Crippen LogP contribution in [0.3, 0.4) is 0 Å². The summed E-state index contributed by atoms with van der Waals surface area (Å²) >= 11 is 0. The Morgan fingerprint density at radius 3 is 1.95 bits per heavy atom. The monoisotopic (exact) mass is 296 g/mol. The molecular formula is C16H24O3S. The first-order chi connectivity index (χ1) is 9.58. The maximum absolute atomic E-state index is 12.3. The van der Waals surface area contributed by atoms with E-state index in [2.05, 4.69) is 0 Å². The standard InChI is InChI=1S/C16H24O3S/c1-14-10-12-16(13-11-14)20(17,18)19-15-8-6-4-2-3-5-7-9-15/h10-13,15H,2-9H2,1H3. The van der Waals surface area contributed by atoms with Crippen molar-refractivity contribution in [3.8, 4) is 0 Å². The Kier molecular flexibility index (Phi) is 5.61. The van der Waals surface area contributed by atoms with Crippen molar-refractivity contribution in [1.29, 1.82) is 0 Å². The van der Waals surface area contributed by atoms with E-state index in [0.717, 1.165) is 31.2 Å². The van der Waals surface area contributed by atoms with Crippen molar-refractivity contribution in [1.82, 2.24) is 0 Å². The molecule has 112 valence electrons. The first-order valence-corrected chi connectivity index (χ1v) is 8.99. The Balaban J connectivity index is 2.03. The smallest absolute Gasteiger partial charge is 0.263 e. The molecule has 1 fully saturated rings. The maximum atomic E-state index is 12.3. The van der Waals surface area contributed by atoms with Gasteiger partial charge in [0.2, 0.25) is 0 Å². The van der Waals surface area contributed by atoms with Crippen molar-refractivity contribution >= 4 is 10.1 Å². The van der Waals surface area contributed by atoms with Crippen molar-refractivity contribution in [2.75, 3.05) is 0 Å². The first kappa shape index (κ1) is 15.5. The van der Waals surface area contributed by atoms with Crippen molar-refractivity contribution in [2.24, 2.45) is 0 Å². The molecule has 0 amide bonds. The molecule has 1 aromatic rings. The van der Waals surface area contributed by atoms with Gasteiger partial charge in [-0.3, -0.25) is 4.18 Å². The SMILES string of the molecule is Cc1ccc(S(=O)(=O)OC2CCCCCCCC2)cc1. The summed E-state index contributed by atoms with van der Waals surface area (Å²) in [5.41, 5.74) is 1.05. The van der Waals surface area contributed by atoms with E-state index in [0.29, 0.717) is 0 Å². The average Bonchev–Trinajstić information content (AvgIpc) is 2.53. The van der Waals surface area contributed by atoms with Gasteiger partial charge in [0.25, 0.3) is 10.1 Å². The summed E-state index contributed by atoms with van der Waals surface area (Å²) in [4.78, 5) is 0.267. The van der Waals surface area contributed by atoms with Crippen LogP contribution in [0.2, 0.25) is 0 Å². The molecule has 1 aliphatic carbocycles. The van der Waals surface area contributed by atoms with Gasteiger partial charge in [-0.25, -0.2) is 0 Å². The van der Waals surface area contributed by atoms with Crippen molar-refractivity contribution in [2.45, 2.75) is 69.3 Å². The highest BCUT2D eigenvalue weighted by Crippen LogP contribution is 2.23. The fraction of sp³-hybridized carbons (Fsp3) is 0.625. The van der Waals surface area contributed by atoms with Gasteiger partial charge in [-0.2, -0.15) is 8.42 Å². The van der Waals surface area contributed by atoms with E-state index < -0.39 is 10.1 Å². The molecule has 2 rings (SSSR count). The summed E-state index contributed by atoms with van der Waals surface area (Å²) in [5, 5.41) is 0. The van der Waals surface area contributed by atoms with Gasteiger partial charge in [0.1, 0.15) is 0 Å². The molecule has 0 aliphatic heterocycles. The molecule has 1 saturated carbocycles. The van der Waals surface area contributed by atoms with Crippen LogP contribution in [0.15, 0.2) is 29.2 Å². The molecule has 0 bridgehead atoms. The van der Waals surface area contributed by atoms with Gasteiger partial charge in [0.05, 0.1) is 11.0 Å². The van der Waals surface area contributed by atoms with Gasteiger partial charge in [0, 0.05) is 0 Å². The fourth-order valence-corrected chi connectivity index (χ4v) is 3.76. The summed E-state index contributed by atoms with van der Waals surface area (Å²) in [7, 11) is -3.62. The van der Waals surface area contributed by atoms with Crippen LogP contribution in [0.1, 0.15) is 56.9 Å². The lowest BCUT2D eigenvalue weighted by molar-refractivity contribution is 0.183. The number of rotatable bonds is 3. The van der Waals surface area contributed by atoms with E-state index in [1.807, 2.05) is 6.92 Å². The Morgan fingerprint density at radius 2 is 1.40 bits per heavy atom. The minimum atomic E-state index is -3.62. The van der Waals surface area contributed by atoms with E-state index in [-0.39, 0.29) is 11.0 Å². The zero-order valence-corrected chi connectivity index (χ0v) is 13.0. The van der Waals surface area contributed by atoms with Gasteiger partial charge in [-0.1, -0.05) is 56.2 Å². The van der Waals surface area contributed by atoms with E-state index in [1.165, 1.54) is 25.7 Å². The molecule has 1 aromatic carbocycles. The second-order valence-corrected chi connectivity index (χ2v) is 7.26. The third kappa shape index (κ3) is 4.60. The Labute approximate surface area is 122 Å². The molecule has 0 heterocycles. The van der Waals surface area contributed by atoms with Crippen molar-refractivity contribution in [3.63, 3.8) is 0 Å². The quantitative estimate of drug-likeness (QED) is 0.785. The van der Waals surface area contributed by atoms with Crippen LogP contribution in [-0.2, 0) is 14.3 Å². The van der Waals surface area contributed by atoms with Crippen LogP contribution in [0.5, 0.6) is 0 Å². The van der Waals surface area contributed by atoms with Gasteiger partial charge >= 0.3 is 0 Å². The summed E-state index contributed by atoms with van der Waals surface area (Å²) < 4.78 is 30.0. The molecule has 0 atom stereocenters. The highest BCUT2D eigenvalue weighted by molar-refractivity contribution is 7.86. The minimum Gasteiger partial charge on any atom is -0.263 e. The molecular weight excluding hydrogens is 272 g/mol.